The molecule has 0 aliphatic carbocycles. The van der Waals surface area contributed by atoms with E-state index in [2.05, 4.69) is 38.4 Å². The predicted molar refractivity (Wildman–Crippen MR) is 136 cm³/mol. The summed E-state index contributed by atoms with van der Waals surface area (Å²) in [5, 5.41) is 8.93. The molecule has 0 saturated carbocycles. The van der Waals surface area contributed by atoms with E-state index in [1.165, 1.54) is 0 Å². The second-order valence-corrected chi connectivity index (χ2v) is 15.1. The zero-order chi connectivity index (χ0) is 25.5. The standard InChI is InChI=1S/C22H43BN2O6P2/c1-14(2)22(26)30-20(17(7)33(8,9)27)18-13-19(21(23)29-18)31-32(28-12-10-11-24)25(15(3)4)16(5)6/h14-21H,10,12-13,23H2,1-9H3/t17?,18-,19-,20?,21+,32?/m0/s1. The minimum absolute atomic E-state index is 0.192. The maximum Gasteiger partial charge on any atom is 0.308 e. The summed E-state index contributed by atoms with van der Waals surface area (Å²) in [7, 11) is -2.02. The lowest BCUT2D eigenvalue weighted by atomic mass is 9.94. The highest BCUT2D eigenvalue weighted by atomic mass is 31.2. The van der Waals surface area contributed by atoms with Gasteiger partial charge in [0.1, 0.15) is 14.0 Å². The summed E-state index contributed by atoms with van der Waals surface area (Å²) in [6.07, 6.45) is -0.513. The summed E-state index contributed by atoms with van der Waals surface area (Å²) in [4.78, 5) is 12.4. The van der Waals surface area contributed by atoms with Crippen molar-refractivity contribution in [3.63, 3.8) is 0 Å². The Morgan fingerprint density at radius 3 is 2.24 bits per heavy atom. The summed E-state index contributed by atoms with van der Waals surface area (Å²) in [5.41, 5.74) is -0.340. The first-order chi connectivity index (χ1) is 15.2. The summed E-state index contributed by atoms with van der Waals surface area (Å²) in [6, 6.07) is 2.25. The van der Waals surface area contributed by atoms with Gasteiger partial charge in [0.25, 0.3) is 8.53 Å². The van der Waals surface area contributed by atoms with Crippen LogP contribution >= 0.6 is 15.7 Å². The van der Waals surface area contributed by atoms with Gasteiger partial charge < -0.3 is 23.1 Å². The van der Waals surface area contributed by atoms with Crippen LogP contribution in [-0.4, -0.2) is 80.5 Å². The maximum atomic E-state index is 12.9. The second-order valence-electron chi connectivity index (χ2n) is 10.0. The van der Waals surface area contributed by atoms with E-state index in [1.54, 1.807) is 27.2 Å². The van der Waals surface area contributed by atoms with Crippen molar-refractivity contribution in [2.45, 2.75) is 103 Å². The minimum atomic E-state index is -2.54. The average molecular weight is 504 g/mol. The fourth-order valence-electron chi connectivity index (χ4n) is 3.70. The van der Waals surface area contributed by atoms with Crippen molar-refractivity contribution in [2.75, 3.05) is 19.9 Å². The van der Waals surface area contributed by atoms with Gasteiger partial charge in [-0.1, -0.05) is 20.8 Å². The molecule has 0 aromatic heterocycles. The molecule has 0 bridgehead atoms. The molecule has 1 fully saturated rings. The molecular weight excluding hydrogens is 461 g/mol. The van der Waals surface area contributed by atoms with Crippen molar-refractivity contribution >= 4 is 29.5 Å². The Hall–Kier alpha value is -0.475. The van der Waals surface area contributed by atoms with Crippen molar-refractivity contribution in [1.82, 2.24) is 4.67 Å². The Balaban J connectivity index is 3.09. The molecule has 0 aromatic carbocycles. The quantitative estimate of drug-likeness (QED) is 0.161. The first kappa shape index (κ1) is 30.6. The lowest BCUT2D eigenvalue weighted by Gasteiger charge is -2.37. The molecule has 1 aliphatic heterocycles. The molecule has 0 N–H and O–H groups in total. The zero-order valence-electron chi connectivity index (χ0n) is 22.0. The SMILES string of the molecule is B[C@@H]1O[C@H](C(OC(=O)C(C)C)C(C)P(C)(C)=O)C[C@@H]1OP(OCCC#N)N(C(C)C)C(C)C. The van der Waals surface area contributed by atoms with Gasteiger partial charge >= 0.3 is 5.97 Å². The van der Waals surface area contributed by atoms with Gasteiger partial charge in [-0.25, -0.2) is 4.67 Å². The molecule has 0 spiro atoms. The van der Waals surface area contributed by atoms with Gasteiger partial charge in [-0.3, -0.25) is 4.79 Å². The lowest BCUT2D eigenvalue weighted by Crippen LogP contribution is -2.40. The number of rotatable bonds is 13. The van der Waals surface area contributed by atoms with Crippen molar-refractivity contribution < 1.29 is 27.9 Å². The number of carbonyl (C=O) groups is 1. The average Bonchev–Trinajstić information content (AvgIpc) is 3.04. The molecule has 190 valence electrons. The molecule has 1 rings (SSSR count). The molecule has 6 atom stereocenters. The van der Waals surface area contributed by atoms with Crippen molar-refractivity contribution in [3.05, 3.63) is 0 Å². The highest BCUT2D eigenvalue weighted by molar-refractivity contribution is 7.63. The lowest BCUT2D eigenvalue weighted by molar-refractivity contribution is -0.159. The van der Waals surface area contributed by atoms with Gasteiger partial charge in [0, 0.05) is 24.2 Å². The number of esters is 1. The number of carbonyl (C=O) groups excluding carboxylic acids is 1. The number of ether oxygens (including phenoxy) is 2. The molecule has 0 amide bonds. The molecule has 1 aliphatic rings. The fraction of sp³-hybridized carbons (Fsp3) is 0.909. The summed E-state index contributed by atoms with van der Waals surface area (Å²) in [5.74, 6) is -0.612. The summed E-state index contributed by atoms with van der Waals surface area (Å²) >= 11 is 0. The van der Waals surface area contributed by atoms with Gasteiger partial charge in [0.2, 0.25) is 0 Å². The summed E-state index contributed by atoms with van der Waals surface area (Å²) in [6.45, 7) is 17.5. The van der Waals surface area contributed by atoms with Crippen molar-refractivity contribution in [2.24, 2.45) is 5.92 Å². The van der Waals surface area contributed by atoms with E-state index >= 15 is 0 Å². The molecule has 0 aromatic rings. The fourth-order valence-corrected chi connectivity index (χ4v) is 6.45. The Bertz CT molecular complexity index is 703. The van der Waals surface area contributed by atoms with Crippen LogP contribution in [0.2, 0.25) is 0 Å². The van der Waals surface area contributed by atoms with Crippen LogP contribution in [0.15, 0.2) is 0 Å². The van der Waals surface area contributed by atoms with E-state index in [0.717, 1.165) is 0 Å². The number of hydrogen-bond donors (Lipinski definition) is 0. The zero-order valence-corrected chi connectivity index (χ0v) is 23.8. The van der Waals surface area contributed by atoms with Gasteiger partial charge in [0.15, 0.2) is 0 Å². The van der Waals surface area contributed by atoms with Gasteiger partial charge in [-0.15, -0.1) is 0 Å². The van der Waals surface area contributed by atoms with Crippen molar-refractivity contribution in [1.29, 1.82) is 5.26 Å². The summed E-state index contributed by atoms with van der Waals surface area (Å²) < 4.78 is 39.6. The molecule has 8 nitrogen and oxygen atoms in total. The smallest absolute Gasteiger partial charge is 0.308 e. The minimum Gasteiger partial charge on any atom is -0.459 e. The van der Waals surface area contributed by atoms with Crippen LogP contribution in [0.25, 0.3) is 0 Å². The topological polar surface area (TPSA) is 98.1 Å². The maximum absolute atomic E-state index is 12.9. The van der Waals surface area contributed by atoms with Crippen LogP contribution in [0.1, 0.15) is 61.3 Å². The number of hydrogen-bond acceptors (Lipinski definition) is 8. The van der Waals surface area contributed by atoms with Crippen molar-refractivity contribution in [3.8, 4) is 6.07 Å². The highest BCUT2D eigenvalue weighted by Gasteiger charge is 2.46. The van der Waals surface area contributed by atoms with E-state index < -0.39 is 27.9 Å². The van der Waals surface area contributed by atoms with Crippen LogP contribution < -0.4 is 0 Å². The normalized spacial score (nSPS) is 24.3. The van der Waals surface area contributed by atoms with E-state index in [4.69, 9.17) is 23.8 Å². The molecule has 11 heteroatoms. The molecule has 1 heterocycles. The Labute approximate surface area is 202 Å². The van der Waals surface area contributed by atoms with E-state index in [0.29, 0.717) is 19.4 Å². The predicted octanol–water partition coefficient (Wildman–Crippen LogP) is 3.97. The first-order valence-corrected chi connectivity index (χ1v) is 15.7. The van der Waals surface area contributed by atoms with Gasteiger partial charge in [-0.2, -0.15) is 5.26 Å². The third-order valence-corrected chi connectivity index (χ3v) is 10.2. The first-order valence-electron chi connectivity index (χ1n) is 11.9. The van der Waals surface area contributed by atoms with Gasteiger partial charge in [-0.05, 0) is 41.0 Å². The molecule has 0 radical (unpaired) electrons. The molecule has 3 unspecified atom stereocenters. The number of nitriles is 1. The molecular formula is C22H43BN2O6P2. The van der Waals surface area contributed by atoms with Gasteiger partial charge in [0.05, 0.1) is 50.4 Å². The highest BCUT2D eigenvalue weighted by Crippen LogP contribution is 2.51. The Kier molecular flexibility index (Phi) is 12.6. The Morgan fingerprint density at radius 1 is 1.21 bits per heavy atom. The van der Waals surface area contributed by atoms with Crippen LogP contribution in [0, 0.1) is 17.2 Å². The third kappa shape index (κ3) is 9.24. The molecule has 1 saturated heterocycles. The van der Waals surface area contributed by atoms with Crippen LogP contribution in [0.5, 0.6) is 0 Å². The Morgan fingerprint density at radius 2 is 1.79 bits per heavy atom. The second kappa shape index (κ2) is 13.6. The van der Waals surface area contributed by atoms with E-state index in [1.807, 2.05) is 14.8 Å². The number of nitrogens with zero attached hydrogens (tertiary/aromatic N) is 2. The third-order valence-electron chi connectivity index (χ3n) is 5.81. The van der Waals surface area contributed by atoms with Crippen LogP contribution in [-0.2, 0) is 27.9 Å². The van der Waals surface area contributed by atoms with E-state index in [-0.39, 0.29) is 41.7 Å². The van der Waals surface area contributed by atoms with Crippen LogP contribution in [0.3, 0.4) is 0 Å². The van der Waals surface area contributed by atoms with E-state index in [9.17, 15) is 9.36 Å². The largest absolute Gasteiger partial charge is 0.459 e. The monoisotopic (exact) mass is 504 g/mol. The molecule has 33 heavy (non-hydrogen) atoms. The van der Waals surface area contributed by atoms with Crippen LogP contribution in [0.4, 0.5) is 0 Å².